The smallest absolute Gasteiger partial charge is 0.251 e. The van der Waals surface area contributed by atoms with Crippen molar-refractivity contribution < 1.29 is 19.1 Å². The molecule has 1 aromatic rings. The topological polar surface area (TPSA) is 67.9 Å². The van der Waals surface area contributed by atoms with E-state index < -0.39 is 0 Å². The molecule has 1 saturated carbocycles. The number of nitrogens with one attached hydrogen (secondary N) is 1. The van der Waals surface area contributed by atoms with Crippen LogP contribution < -0.4 is 10.1 Å². The average Bonchev–Trinajstić information content (AvgIpc) is 3.35. The van der Waals surface area contributed by atoms with E-state index in [0.717, 1.165) is 57.4 Å². The summed E-state index contributed by atoms with van der Waals surface area (Å²) < 4.78 is 11.5. The number of amides is 2. The molecule has 146 valence electrons. The third-order valence-electron chi connectivity index (χ3n) is 5.55. The first-order valence-corrected chi connectivity index (χ1v) is 10.1. The van der Waals surface area contributed by atoms with Crippen LogP contribution >= 0.6 is 0 Å². The van der Waals surface area contributed by atoms with Gasteiger partial charge in [0.2, 0.25) is 0 Å². The molecule has 0 radical (unpaired) electrons. The van der Waals surface area contributed by atoms with Gasteiger partial charge in [0.05, 0.1) is 6.61 Å². The zero-order valence-electron chi connectivity index (χ0n) is 15.7. The molecule has 3 fully saturated rings. The highest BCUT2D eigenvalue weighted by atomic mass is 16.5. The van der Waals surface area contributed by atoms with Crippen LogP contribution in [0.25, 0.3) is 0 Å². The minimum Gasteiger partial charge on any atom is -0.493 e. The summed E-state index contributed by atoms with van der Waals surface area (Å²) in [7, 11) is 0. The Morgan fingerprint density at radius 2 is 1.93 bits per heavy atom. The Hall–Kier alpha value is -2.08. The second-order valence-electron chi connectivity index (χ2n) is 7.88. The molecule has 2 aliphatic heterocycles. The summed E-state index contributed by atoms with van der Waals surface area (Å²) in [5.41, 5.74) is 0.667. The molecule has 3 aliphatic rings. The van der Waals surface area contributed by atoms with Crippen molar-refractivity contribution in [3.63, 3.8) is 0 Å². The van der Waals surface area contributed by atoms with Gasteiger partial charge >= 0.3 is 0 Å². The number of ether oxygens (including phenoxy) is 2. The molecule has 2 saturated heterocycles. The summed E-state index contributed by atoms with van der Waals surface area (Å²) >= 11 is 0. The van der Waals surface area contributed by atoms with Gasteiger partial charge in [-0.3, -0.25) is 9.59 Å². The molecule has 27 heavy (non-hydrogen) atoms. The molecule has 0 spiro atoms. The highest BCUT2D eigenvalue weighted by molar-refractivity contribution is 5.94. The van der Waals surface area contributed by atoms with Crippen LogP contribution in [0.15, 0.2) is 24.3 Å². The molecular formula is C21H28N2O4. The van der Waals surface area contributed by atoms with Crippen LogP contribution in [-0.4, -0.2) is 55.2 Å². The Bertz CT molecular complexity index is 665. The van der Waals surface area contributed by atoms with Gasteiger partial charge in [0.15, 0.2) is 0 Å². The molecule has 2 unspecified atom stereocenters. The first-order valence-electron chi connectivity index (χ1n) is 10.1. The van der Waals surface area contributed by atoms with Gasteiger partial charge < -0.3 is 19.7 Å². The lowest BCUT2D eigenvalue weighted by atomic mass is 9.98. The minimum absolute atomic E-state index is 0.0142. The van der Waals surface area contributed by atoms with E-state index in [1.54, 1.807) is 12.1 Å². The predicted octanol–water partition coefficient (Wildman–Crippen LogP) is 2.38. The number of likely N-dealkylation sites (tertiary alicyclic amines) is 1. The van der Waals surface area contributed by atoms with E-state index in [1.807, 2.05) is 17.0 Å². The molecular weight excluding hydrogens is 344 g/mol. The van der Waals surface area contributed by atoms with Gasteiger partial charge in [-0.15, -0.1) is 0 Å². The highest BCUT2D eigenvalue weighted by Crippen LogP contribution is 2.23. The van der Waals surface area contributed by atoms with Crippen molar-refractivity contribution in [2.45, 2.75) is 50.7 Å². The molecule has 2 heterocycles. The zero-order chi connectivity index (χ0) is 18.6. The molecule has 0 aromatic heterocycles. The molecule has 4 rings (SSSR count). The Kier molecular flexibility index (Phi) is 5.62. The Morgan fingerprint density at radius 3 is 2.63 bits per heavy atom. The van der Waals surface area contributed by atoms with Gasteiger partial charge in [-0.2, -0.15) is 0 Å². The van der Waals surface area contributed by atoms with E-state index in [-0.39, 0.29) is 17.9 Å². The maximum absolute atomic E-state index is 12.5. The number of carbonyl (C=O) groups is 2. The maximum atomic E-state index is 12.5. The number of piperidine rings is 1. The van der Waals surface area contributed by atoms with E-state index in [0.29, 0.717) is 30.7 Å². The van der Waals surface area contributed by atoms with Gasteiger partial charge in [-0.1, -0.05) is 0 Å². The number of benzene rings is 1. The summed E-state index contributed by atoms with van der Waals surface area (Å²) in [6.07, 6.45) is 5.83. The van der Waals surface area contributed by atoms with Crippen molar-refractivity contribution in [1.82, 2.24) is 10.2 Å². The van der Waals surface area contributed by atoms with Crippen LogP contribution in [0.4, 0.5) is 0 Å². The Labute approximate surface area is 160 Å². The molecule has 6 nitrogen and oxygen atoms in total. The summed E-state index contributed by atoms with van der Waals surface area (Å²) in [6, 6.07) is 7.67. The van der Waals surface area contributed by atoms with Crippen molar-refractivity contribution in [3.05, 3.63) is 29.8 Å². The normalized spacial score (nSPS) is 25.3. The van der Waals surface area contributed by atoms with Crippen LogP contribution in [0.5, 0.6) is 5.75 Å². The number of hydrogen-bond acceptors (Lipinski definition) is 4. The van der Waals surface area contributed by atoms with Gasteiger partial charge in [0.25, 0.3) is 11.8 Å². The van der Waals surface area contributed by atoms with Crippen molar-refractivity contribution in [3.8, 4) is 5.75 Å². The molecule has 1 N–H and O–H groups in total. The van der Waals surface area contributed by atoms with E-state index in [1.165, 1.54) is 0 Å². The molecule has 1 aromatic carbocycles. The van der Waals surface area contributed by atoms with Crippen molar-refractivity contribution in [2.75, 3.05) is 26.3 Å². The fraction of sp³-hybridized carbons (Fsp3) is 0.619. The quantitative estimate of drug-likeness (QED) is 0.833. The van der Waals surface area contributed by atoms with E-state index in [9.17, 15) is 9.59 Å². The van der Waals surface area contributed by atoms with Crippen LogP contribution in [0.1, 0.15) is 48.9 Å². The largest absolute Gasteiger partial charge is 0.493 e. The fourth-order valence-corrected chi connectivity index (χ4v) is 3.79. The minimum atomic E-state index is -0.237. The SMILES string of the molecule is O=C(NC1CC1)c1ccc(OCC2CCCN(C(=O)C3CCCO3)C2)cc1. The lowest BCUT2D eigenvalue weighted by Gasteiger charge is -2.34. The molecule has 0 bridgehead atoms. The Balaban J connectivity index is 1.25. The summed E-state index contributed by atoms with van der Waals surface area (Å²) in [6.45, 7) is 2.84. The molecule has 2 amide bonds. The lowest BCUT2D eigenvalue weighted by Crippen LogP contribution is -2.45. The van der Waals surface area contributed by atoms with E-state index in [2.05, 4.69) is 5.32 Å². The summed E-state index contributed by atoms with van der Waals surface area (Å²) in [5, 5.41) is 2.98. The second kappa shape index (κ2) is 8.30. The van der Waals surface area contributed by atoms with E-state index in [4.69, 9.17) is 9.47 Å². The monoisotopic (exact) mass is 372 g/mol. The zero-order valence-corrected chi connectivity index (χ0v) is 15.7. The van der Waals surface area contributed by atoms with Crippen molar-refractivity contribution in [1.29, 1.82) is 0 Å². The third-order valence-corrected chi connectivity index (χ3v) is 5.55. The van der Waals surface area contributed by atoms with Crippen molar-refractivity contribution in [2.24, 2.45) is 5.92 Å². The molecule has 1 aliphatic carbocycles. The number of hydrogen-bond donors (Lipinski definition) is 1. The van der Waals surface area contributed by atoms with Gasteiger partial charge in [-0.25, -0.2) is 0 Å². The molecule has 2 atom stereocenters. The first-order chi connectivity index (χ1) is 13.2. The first kappa shape index (κ1) is 18.3. The van der Waals surface area contributed by atoms with Crippen LogP contribution in [0, 0.1) is 5.92 Å². The van der Waals surface area contributed by atoms with Crippen molar-refractivity contribution >= 4 is 11.8 Å². The maximum Gasteiger partial charge on any atom is 0.251 e. The predicted molar refractivity (Wildman–Crippen MR) is 101 cm³/mol. The molecule has 6 heteroatoms. The third kappa shape index (κ3) is 4.80. The second-order valence-corrected chi connectivity index (χ2v) is 7.88. The van der Waals surface area contributed by atoms with Crippen LogP contribution in [-0.2, 0) is 9.53 Å². The fourth-order valence-electron chi connectivity index (χ4n) is 3.79. The van der Waals surface area contributed by atoms with Gasteiger partial charge in [0.1, 0.15) is 11.9 Å². The number of rotatable bonds is 6. The number of nitrogens with zero attached hydrogens (tertiary/aromatic N) is 1. The Morgan fingerprint density at radius 1 is 1.11 bits per heavy atom. The summed E-state index contributed by atoms with van der Waals surface area (Å²) in [4.78, 5) is 26.5. The standard InChI is InChI=1S/C21H28N2O4/c24-20(22-17-7-8-17)16-5-9-18(10-6-16)27-14-15-3-1-11-23(13-15)21(25)19-4-2-12-26-19/h5-6,9-10,15,17,19H,1-4,7-8,11-14H2,(H,22,24). The van der Waals surface area contributed by atoms with Crippen LogP contribution in [0.2, 0.25) is 0 Å². The summed E-state index contributed by atoms with van der Waals surface area (Å²) in [5.74, 6) is 1.23. The highest BCUT2D eigenvalue weighted by Gasteiger charge is 2.31. The van der Waals surface area contributed by atoms with Crippen LogP contribution in [0.3, 0.4) is 0 Å². The van der Waals surface area contributed by atoms with E-state index >= 15 is 0 Å². The lowest BCUT2D eigenvalue weighted by molar-refractivity contribution is -0.143. The average molecular weight is 372 g/mol. The van der Waals surface area contributed by atoms with Gasteiger partial charge in [0, 0.05) is 37.2 Å². The number of carbonyl (C=O) groups excluding carboxylic acids is 2. The van der Waals surface area contributed by atoms with Gasteiger partial charge in [-0.05, 0) is 62.8 Å².